The highest BCUT2D eigenvalue weighted by atomic mass is 19.1. The molecule has 0 amide bonds. The van der Waals surface area contributed by atoms with E-state index >= 15 is 0 Å². The summed E-state index contributed by atoms with van der Waals surface area (Å²) in [5.41, 5.74) is 1.90. The molecule has 0 saturated carbocycles. The van der Waals surface area contributed by atoms with Crippen LogP contribution in [0.3, 0.4) is 0 Å². The summed E-state index contributed by atoms with van der Waals surface area (Å²) in [6, 6.07) is 13.7. The summed E-state index contributed by atoms with van der Waals surface area (Å²) in [4.78, 5) is 19.0. The average molecular weight is 254 g/mol. The third-order valence-corrected chi connectivity index (χ3v) is 2.99. The molecule has 0 bridgehead atoms. The Balaban J connectivity index is 2.08. The summed E-state index contributed by atoms with van der Waals surface area (Å²) < 4.78 is 13.6. The van der Waals surface area contributed by atoms with Gasteiger partial charge in [0, 0.05) is 6.42 Å². The zero-order valence-electron chi connectivity index (χ0n) is 10.1. The standard InChI is InChI=1S/C15H11FN2O/c16-11-6-2-1-5-10(11)9-14-15(19)18-13-8-4-3-7-12(13)17-14/h1-8H,9H2,(H,18,19). The van der Waals surface area contributed by atoms with Gasteiger partial charge in [0.15, 0.2) is 0 Å². The zero-order chi connectivity index (χ0) is 13.2. The quantitative estimate of drug-likeness (QED) is 0.764. The van der Waals surface area contributed by atoms with Crippen molar-refractivity contribution in [1.29, 1.82) is 0 Å². The van der Waals surface area contributed by atoms with E-state index in [-0.39, 0.29) is 17.8 Å². The molecule has 2 aromatic carbocycles. The highest BCUT2D eigenvalue weighted by Crippen LogP contribution is 2.11. The van der Waals surface area contributed by atoms with E-state index in [1.165, 1.54) is 6.07 Å². The van der Waals surface area contributed by atoms with E-state index in [0.29, 0.717) is 22.3 Å². The van der Waals surface area contributed by atoms with Gasteiger partial charge in [0.1, 0.15) is 11.5 Å². The molecule has 0 unspecified atom stereocenters. The highest BCUT2D eigenvalue weighted by Gasteiger charge is 2.08. The molecule has 0 aliphatic carbocycles. The minimum absolute atomic E-state index is 0.187. The molecule has 3 rings (SSSR count). The topological polar surface area (TPSA) is 45.8 Å². The van der Waals surface area contributed by atoms with E-state index in [9.17, 15) is 9.18 Å². The predicted octanol–water partition coefficient (Wildman–Crippen LogP) is 2.65. The maximum absolute atomic E-state index is 13.6. The summed E-state index contributed by atoms with van der Waals surface area (Å²) in [6.07, 6.45) is 0.187. The van der Waals surface area contributed by atoms with Crippen molar-refractivity contribution < 1.29 is 4.39 Å². The normalized spacial score (nSPS) is 10.8. The molecule has 1 aromatic heterocycles. The first-order valence-corrected chi connectivity index (χ1v) is 5.95. The number of rotatable bonds is 2. The van der Waals surface area contributed by atoms with Crippen LogP contribution in [0.1, 0.15) is 11.3 Å². The van der Waals surface area contributed by atoms with Crippen LogP contribution >= 0.6 is 0 Å². The van der Waals surface area contributed by atoms with Crippen LogP contribution in [-0.4, -0.2) is 9.97 Å². The largest absolute Gasteiger partial charge is 0.319 e. The number of hydrogen-bond donors (Lipinski definition) is 1. The van der Waals surface area contributed by atoms with E-state index in [4.69, 9.17) is 0 Å². The van der Waals surface area contributed by atoms with Gasteiger partial charge >= 0.3 is 0 Å². The number of nitrogens with zero attached hydrogens (tertiary/aromatic N) is 1. The number of H-pyrrole nitrogens is 1. The predicted molar refractivity (Wildman–Crippen MR) is 71.6 cm³/mol. The minimum Gasteiger partial charge on any atom is -0.319 e. The summed E-state index contributed by atoms with van der Waals surface area (Å²) in [6.45, 7) is 0. The van der Waals surface area contributed by atoms with Crippen LogP contribution in [0.15, 0.2) is 53.3 Å². The van der Waals surface area contributed by atoms with E-state index in [2.05, 4.69) is 9.97 Å². The van der Waals surface area contributed by atoms with Gasteiger partial charge in [-0.3, -0.25) is 4.79 Å². The zero-order valence-corrected chi connectivity index (χ0v) is 10.1. The Morgan fingerprint density at radius 2 is 1.79 bits per heavy atom. The molecule has 0 fully saturated rings. The number of aromatic nitrogens is 2. The fourth-order valence-corrected chi connectivity index (χ4v) is 2.01. The lowest BCUT2D eigenvalue weighted by molar-refractivity contribution is 0.613. The molecule has 19 heavy (non-hydrogen) atoms. The van der Waals surface area contributed by atoms with Gasteiger partial charge in [0.2, 0.25) is 0 Å². The second kappa shape index (κ2) is 4.65. The van der Waals surface area contributed by atoms with Gasteiger partial charge in [0.05, 0.1) is 11.0 Å². The smallest absolute Gasteiger partial charge is 0.270 e. The van der Waals surface area contributed by atoms with Gasteiger partial charge in [-0.2, -0.15) is 0 Å². The molecule has 94 valence electrons. The highest BCUT2D eigenvalue weighted by molar-refractivity contribution is 5.73. The molecule has 0 atom stereocenters. The summed E-state index contributed by atoms with van der Waals surface area (Å²) in [5, 5.41) is 0. The number of para-hydroxylation sites is 2. The third-order valence-electron chi connectivity index (χ3n) is 2.99. The van der Waals surface area contributed by atoms with E-state index in [1.54, 1.807) is 24.3 Å². The molecular weight excluding hydrogens is 243 g/mol. The molecule has 1 heterocycles. The SMILES string of the molecule is O=c1[nH]c2ccccc2nc1Cc1ccccc1F. The first kappa shape index (κ1) is 11.6. The molecule has 4 heteroatoms. The fraction of sp³-hybridized carbons (Fsp3) is 0.0667. The lowest BCUT2D eigenvalue weighted by atomic mass is 10.1. The number of hydrogen-bond acceptors (Lipinski definition) is 2. The van der Waals surface area contributed by atoms with Crippen molar-refractivity contribution in [2.45, 2.75) is 6.42 Å². The first-order chi connectivity index (χ1) is 9.24. The van der Waals surface area contributed by atoms with Crippen molar-refractivity contribution >= 4 is 11.0 Å². The maximum Gasteiger partial charge on any atom is 0.270 e. The van der Waals surface area contributed by atoms with E-state index < -0.39 is 0 Å². The molecule has 1 N–H and O–H groups in total. The van der Waals surface area contributed by atoms with E-state index in [0.717, 1.165) is 0 Å². The third kappa shape index (κ3) is 2.25. The van der Waals surface area contributed by atoms with Gasteiger partial charge < -0.3 is 4.98 Å². The number of aromatic amines is 1. The molecule has 0 aliphatic rings. The van der Waals surface area contributed by atoms with Gasteiger partial charge in [-0.25, -0.2) is 9.37 Å². The maximum atomic E-state index is 13.6. The number of fused-ring (bicyclic) bond motifs is 1. The van der Waals surface area contributed by atoms with Crippen LogP contribution in [0, 0.1) is 5.82 Å². The number of benzene rings is 2. The van der Waals surface area contributed by atoms with Gasteiger partial charge in [0.25, 0.3) is 5.56 Å². The van der Waals surface area contributed by atoms with Crippen molar-refractivity contribution in [2.75, 3.05) is 0 Å². The van der Waals surface area contributed by atoms with Crippen molar-refractivity contribution in [3.05, 3.63) is 76.0 Å². The Hall–Kier alpha value is -2.49. The van der Waals surface area contributed by atoms with Gasteiger partial charge in [-0.15, -0.1) is 0 Å². The summed E-state index contributed by atoms with van der Waals surface area (Å²) >= 11 is 0. The van der Waals surface area contributed by atoms with Crippen molar-refractivity contribution in [3.8, 4) is 0 Å². The summed E-state index contributed by atoms with van der Waals surface area (Å²) in [7, 11) is 0. The Bertz CT molecular complexity index is 795. The second-order valence-corrected chi connectivity index (χ2v) is 4.30. The van der Waals surface area contributed by atoms with Crippen LogP contribution in [0.2, 0.25) is 0 Å². The first-order valence-electron chi connectivity index (χ1n) is 5.95. The van der Waals surface area contributed by atoms with Crippen LogP contribution in [0.25, 0.3) is 11.0 Å². The Morgan fingerprint density at radius 1 is 1.05 bits per heavy atom. The molecule has 0 radical (unpaired) electrons. The van der Waals surface area contributed by atoms with Crippen molar-refractivity contribution in [3.63, 3.8) is 0 Å². The van der Waals surface area contributed by atoms with Crippen molar-refractivity contribution in [2.24, 2.45) is 0 Å². The number of nitrogens with one attached hydrogen (secondary N) is 1. The lowest BCUT2D eigenvalue weighted by Gasteiger charge is -2.03. The van der Waals surface area contributed by atoms with Crippen LogP contribution in [0.5, 0.6) is 0 Å². The van der Waals surface area contributed by atoms with Crippen LogP contribution < -0.4 is 5.56 Å². The average Bonchev–Trinajstić information content (AvgIpc) is 2.42. The molecular formula is C15H11FN2O. The molecule has 3 nitrogen and oxygen atoms in total. The van der Waals surface area contributed by atoms with E-state index in [1.807, 2.05) is 18.2 Å². The summed E-state index contributed by atoms with van der Waals surface area (Å²) in [5.74, 6) is -0.322. The molecule has 0 aliphatic heterocycles. The molecule has 3 aromatic rings. The Morgan fingerprint density at radius 3 is 2.63 bits per heavy atom. The lowest BCUT2D eigenvalue weighted by Crippen LogP contribution is -2.15. The number of halogens is 1. The minimum atomic E-state index is -0.322. The Kier molecular flexibility index (Phi) is 2.83. The van der Waals surface area contributed by atoms with Gasteiger partial charge in [-0.05, 0) is 23.8 Å². The molecule has 0 saturated heterocycles. The van der Waals surface area contributed by atoms with Gasteiger partial charge in [-0.1, -0.05) is 30.3 Å². The Labute approximate surface area is 108 Å². The van der Waals surface area contributed by atoms with Crippen molar-refractivity contribution in [1.82, 2.24) is 9.97 Å². The fourth-order valence-electron chi connectivity index (χ4n) is 2.01. The van der Waals surface area contributed by atoms with Crippen LogP contribution in [0.4, 0.5) is 4.39 Å². The van der Waals surface area contributed by atoms with Crippen LogP contribution in [-0.2, 0) is 6.42 Å². The monoisotopic (exact) mass is 254 g/mol. The molecule has 0 spiro atoms. The second-order valence-electron chi connectivity index (χ2n) is 4.30.